The highest BCUT2D eigenvalue weighted by atomic mass is 32.1. The van der Waals surface area contributed by atoms with Crippen LogP contribution in [0.3, 0.4) is 0 Å². The van der Waals surface area contributed by atoms with Crippen molar-refractivity contribution in [2.75, 3.05) is 13.7 Å². The van der Waals surface area contributed by atoms with E-state index in [2.05, 4.69) is 10.3 Å². The lowest BCUT2D eigenvalue weighted by atomic mass is 10.2. The van der Waals surface area contributed by atoms with Gasteiger partial charge < -0.3 is 19.6 Å². The van der Waals surface area contributed by atoms with Crippen LogP contribution in [0.5, 0.6) is 5.75 Å². The molecule has 0 aliphatic rings. The first kappa shape index (κ1) is 14.5. The number of nitrogens with zero attached hydrogens (tertiary/aromatic N) is 1. The third-order valence-electron chi connectivity index (χ3n) is 2.98. The smallest absolute Gasteiger partial charge is 0.221 e. The molecule has 0 unspecified atom stereocenters. The average Bonchev–Trinajstić information content (AvgIpc) is 2.70. The average molecular weight is 297 g/mol. The Morgan fingerprint density at radius 2 is 2.30 bits per heavy atom. The van der Waals surface area contributed by atoms with Crippen LogP contribution in [0.1, 0.15) is 13.3 Å². The molecule has 2 rings (SSSR count). The molecule has 0 bridgehead atoms. The van der Waals surface area contributed by atoms with E-state index in [1.54, 1.807) is 10.6 Å². The van der Waals surface area contributed by atoms with Crippen molar-refractivity contribution in [1.29, 1.82) is 0 Å². The molecule has 7 heteroatoms. The van der Waals surface area contributed by atoms with Crippen LogP contribution in [0.15, 0.2) is 12.1 Å². The summed E-state index contributed by atoms with van der Waals surface area (Å²) in [6, 6.07) is 2.92. The van der Waals surface area contributed by atoms with Crippen molar-refractivity contribution >= 4 is 29.2 Å². The number of hydrogen-bond acceptors (Lipinski definition) is 3. The Morgan fingerprint density at radius 1 is 1.55 bits per heavy atom. The molecular formula is C13H16FN3O2S. The predicted molar refractivity (Wildman–Crippen MR) is 76.9 cm³/mol. The normalized spacial score (nSPS) is 10.8. The van der Waals surface area contributed by atoms with Crippen LogP contribution in [0.25, 0.3) is 11.0 Å². The zero-order chi connectivity index (χ0) is 14.7. The Balaban J connectivity index is 2.35. The molecule has 0 aliphatic carbocycles. The van der Waals surface area contributed by atoms with E-state index in [-0.39, 0.29) is 11.7 Å². The lowest BCUT2D eigenvalue weighted by molar-refractivity contribution is -0.121. The van der Waals surface area contributed by atoms with Gasteiger partial charge in [-0.25, -0.2) is 4.39 Å². The number of benzene rings is 1. The van der Waals surface area contributed by atoms with Gasteiger partial charge in [-0.3, -0.25) is 4.79 Å². The number of halogens is 1. The number of methoxy groups -OCH3 is 1. The molecule has 0 spiro atoms. The minimum Gasteiger partial charge on any atom is -0.494 e. The fourth-order valence-electron chi connectivity index (χ4n) is 2.04. The topological polar surface area (TPSA) is 59.0 Å². The van der Waals surface area contributed by atoms with Gasteiger partial charge in [-0.05, 0) is 19.1 Å². The minimum absolute atomic E-state index is 0.0437. The van der Waals surface area contributed by atoms with Crippen LogP contribution in [-0.4, -0.2) is 29.1 Å². The Bertz CT molecular complexity index is 693. The molecule has 0 saturated heterocycles. The van der Waals surface area contributed by atoms with Gasteiger partial charge in [0.1, 0.15) is 0 Å². The maximum absolute atomic E-state index is 13.6. The summed E-state index contributed by atoms with van der Waals surface area (Å²) in [5, 5.41) is 2.73. The summed E-state index contributed by atoms with van der Waals surface area (Å²) < 4.78 is 20.8. The minimum atomic E-state index is -0.452. The summed E-state index contributed by atoms with van der Waals surface area (Å²) >= 11 is 5.20. The molecule has 1 heterocycles. The quantitative estimate of drug-likeness (QED) is 0.833. The van der Waals surface area contributed by atoms with Gasteiger partial charge in [0.2, 0.25) is 5.91 Å². The predicted octanol–water partition coefficient (Wildman–Crippen LogP) is 2.37. The van der Waals surface area contributed by atoms with Crippen molar-refractivity contribution < 1.29 is 13.9 Å². The zero-order valence-electron chi connectivity index (χ0n) is 11.3. The van der Waals surface area contributed by atoms with Crippen molar-refractivity contribution in [3.8, 4) is 5.75 Å². The highest BCUT2D eigenvalue weighted by Crippen LogP contribution is 2.24. The Kier molecular flexibility index (Phi) is 4.39. The van der Waals surface area contributed by atoms with Crippen molar-refractivity contribution in [2.45, 2.75) is 19.9 Å². The summed E-state index contributed by atoms with van der Waals surface area (Å²) in [6.45, 7) is 2.89. The number of imidazole rings is 1. The molecule has 0 aliphatic heterocycles. The van der Waals surface area contributed by atoms with Crippen molar-refractivity contribution in [3.05, 3.63) is 22.7 Å². The second-order valence-corrected chi connectivity index (χ2v) is 4.68. The van der Waals surface area contributed by atoms with Gasteiger partial charge >= 0.3 is 0 Å². The number of aromatic amines is 1. The first-order valence-corrected chi connectivity index (χ1v) is 6.70. The molecular weight excluding hydrogens is 281 g/mol. The largest absolute Gasteiger partial charge is 0.494 e. The van der Waals surface area contributed by atoms with Gasteiger partial charge in [-0.15, -0.1) is 0 Å². The number of aryl methyl sites for hydroxylation is 1. The van der Waals surface area contributed by atoms with Crippen LogP contribution in [-0.2, 0) is 11.3 Å². The number of carbonyl (C=O) groups is 1. The maximum atomic E-state index is 13.6. The van der Waals surface area contributed by atoms with E-state index in [1.165, 1.54) is 13.2 Å². The summed E-state index contributed by atoms with van der Waals surface area (Å²) in [4.78, 5) is 14.4. The van der Waals surface area contributed by atoms with Gasteiger partial charge in [0, 0.05) is 31.6 Å². The number of aromatic nitrogens is 2. The van der Waals surface area contributed by atoms with Gasteiger partial charge in [-0.1, -0.05) is 0 Å². The number of amides is 1. The van der Waals surface area contributed by atoms with Gasteiger partial charge in [0.15, 0.2) is 16.3 Å². The maximum Gasteiger partial charge on any atom is 0.221 e. The van der Waals surface area contributed by atoms with Crippen LogP contribution in [0.4, 0.5) is 4.39 Å². The van der Waals surface area contributed by atoms with Crippen molar-refractivity contribution in [1.82, 2.24) is 14.9 Å². The van der Waals surface area contributed by atoms with E-state index in [9.17, 15) is 9.18 Å². The fourth-order valence-corrected chi connectivity index (χ4v) is 2.34. The molecule has 1 aromatic heterocycles. The molecule has 1 amide bonds. The van der Waals surface area contributed by atoms with Crippen LogP contribution < -0.4 is 10.1 Å². The molecule has 20 heavy (non-hydrogen) atoms. The highest BCUT2D eigenvalue weighted by Gasteiger charge is 2.11. The summed E-state index contributed by atoms with van der Waals surface area (Å²) in [6.07, 6.45) is 0.314. The van der Waals surface area contributed by atoms with Crippen molar-refractivity contribution in [2.24, 2.45) is 0 Å². The zero-order valence-corrected chi connectivity index (χ0v) is 12.1. The summed E-state index contributed by atoms with van der Waals surface area (Å²) in [5.41, 5.74) is 1.31. The van der Waals surface area contributed by atoms with Gasteiger partial charge in [0.25, 0.3) is 0 Å². The lowest BCUT2D eigenvalue weighted by Gasteiger charge is -2.06. The Labute approximate surface area is 120 Å². The number of fused-ring (bicyclic) bond motifs is 1. The number of nitrogens with one attached hydrogen (secondary N) is 2. The number of ether oxygens (including phenoxy) is 1. The third kappa shape index (κ3) is 2.82. The fraction of sp³-hybridized carbons (Fsp3) is 0.385. The third-order valence-corrected chi connectivity index (χ3v) is 3.31. The van der Waals surface area contributed by atoms with Crippen LogP contribution >= 0.6 is 12.2 Å². The highest BCUT2D eigenvalue weighted by molar-refractivity contribution is 7.71. The van der Waals surface area contributed by atoms with E-state index >= 15 is 0 Å². The van der Waals surface area contributed by atoms with Crippen LogP contribution in [0.2, 0.25) is 0 Å². The molecule has 2 N–H and O–H groups in total. The number of carbonyl (C=O) groups excluding carboxylic acids is 1. The molecule has 5 nitrogen and oxygen atoms in total. The lowest BCUT2D eigenvalue weighted by Crippen LogP contribution is -2.23. The SMILES string of the molecule is CCNC(=O)CCn1c(=S)[nH]c2cc(F)c(OC)cc21. The monoisotopic (exact) mass is 297 g/mol. The second-order valence-electron chi connectivity index (χ2n) is 4.29. The molecule has 108 valence electrons. The molecule has 1 aromatic carbocycles. The number of H-pyrrole nitrogens is 1. The summed E-state index contributed by atoms with van der Waals surface area (Å²) in [7, 11) is 1.41. The van der Waals surface area contributed by atoms with E-state index in [0.717, 1.165) is 5.52 Å². The molecule has 0 fully saturated rings. The Morgan fingerprint density at radius 3 is 2.95 bits per heavy atom. The first-order valence-electron chi connectivity index (χ1n) is 6.29. The standard InChI is InChI=1S/C13H16FN3O2S/c1-3-15-12(18)4-5-17-10-7-11(19-2)8(14)6-9(10)16-13(17)20/h6-7H,3-5H2,1-2H3,(H,15,18)(H,16,20). The second kappa shape index (κ2) is 6.04. The summed E-state index contributed by atoms with van der Waals surface area (Å²) in [5.74, 6) is -0.344. The first-order chi connectivity index (χ1) is 9.56. The van der Waals surface area contributed by atoms with Gasteiger partial charge in [-0.2, -0.15) is 0 Å². The van der Waals surface area contributed by atoms with Crippen LogP contribution in [0, 0.1) is 10.6 Å². The molecule has 0 atom stereocenters. The van der Waals surface area contributed by atoms with E-state index in [0.29, 0.717) is 29.8 Å². The van der Waals surface area contributed by atoms with Crippen molar-refractivity contribution in [3.63, 3.8) is 0 Å². The molecule has 0 radical (unpaired) electrons. The molecule has 2 aromatic rings. The Hall–Kier alpha value is -1.89. The number of rotatable bonds is 5. The van der Waals surface area contributed by atoms with E-state index in [4.69, 9.17) is 17.0 Å². The van der Waals surface area contributed by atoms with Gasteiger partial charge in [0.05, 0.1) is 18.1 Å². The van der Waals surface area contributed by atoms with E-state index < -0.39 is 5.82 Å². The van der Waals surface area contributed by atoms with E-state index in [1.807, 2.05) is 6.92 Å². The molecule has 0 saturated carbocycles. The number of hydrogen-bond donors (Lipinski definition) is 2.